The number of amides is 2. The highest BCUT2D eigenvalue weighted by molar-refractivity contribution is 7.89. The molecule has 9 nitrogen and oxygen atoms in total. The number of hydrazine groups is 1. The Labute approximate surface area is 133 Å². The summed E-state index contributed by atoms with van der Waals surface area (Å²) >= 11 is 0. The number of nitrogens with one attached hydrogen (secondary N) is 3. The Kier molecular flexibility index (Phi) is 5.06. The Hall–Kier alpha value is -2.33. The van der Waals surface area contributed by atoms with Crippen LogP contribution in [-0.4, -0.2) is 40.5 Å². The molecule has 23 heavy (non-hydrogen) atoms. The number of carbonyl (C=O) groups excluding carboxylic acids is 2. The van der Waals surface area contributed by atoms with Gasteiger partial charge in [-0.15, -0.1) is 4.83 Å². The van der Waals surface area contributed by atoms with Gasteiger partial charge in [0.05, 0.1) is 14.2 Å². The summed E-state index contributed by atoms with van der Waals surface area (Å²) in [4.78, 5) is 24.6. The number of benzene rings is 1. The second-order valence-electron chi connectivity index (χ2n) is 4.82. The van der Waals surface area contributed by atoms with Crippen LogP contribution in [0.5, 0.6) is 11.5 Å². The van der Waals surface area contributed by atoms with Gasteiger partial charge in [-0.25, -0.2) is 8.42 Å². The molecule has 0 saturated heterocycles. The van der Waals surface area contributed by atoms with Crippen LogP contribution in [0.2, 0.25) is 0 Å². The molecule has 0 aromatic heterocycles. The molecule has 0 bridgehead atoms. The van der Waals surface area contributed by atoms with E-state index in [9.17, 15) is 18.0 Å². The lowest BCUT2D eigenvalue weighted by atomic mass is 10.3. The van der Waals surface area contributed by atoms with E-state index < -0.39 is 21.8 Å². The van der Waals surface area contributed by atoms with Gasteiger partial charge in [0.1, 0.15) is 16.4 Å². The summed E-state index contributed by atoms with van der Waals surface area (Å²) in [6.45, 7) is 0. The standard InChI is InChI=1S/C13H17N3O6S/c1-21-9-5-6-10(22-2)11(7-9)23(19,20)16-15-13(18)12(17)14-8-3-4-8/h5-8,16H,3-4H2,1-2H3,(H,14,17)(H,15,18). The predicted molar refractivity (Wildman–Crippen MR) is 79.2 cm³/mol. The van der Waals surface area contributed by atoms with Crippen LogP contribution in [0.4, 0.5) is 0 Å². The van der Waals surface area contributed by atoms with Crippen LogP contribution in [0.1, 0.15) is 12.8 Å². The lowest BCUT2D eigenvalue weighted by molar-refractivity contribution is -0.139. The molecule has 0 aliphatic heterocycles. The summed E-state index contributed by atoms with van der Waals surface area (Å²) in [5.41, 5.74) is 1.86. The fraction of sp³-hybridized carbons (Fsp3) is 0.385. The highest BCUT2D eigenvalue weighted by atomic mass is 32.2. The van der Waals surface area contributed by atoms with Gasteiger partial charge in [0.15, 0.2) is 0 Å². The summed E-state index contributed by atoms with van der Waals surface area (Å²) < 4.78 is 34.4. The molecule has 2 amide bonds. The van der Waals surface area contributed by atoms with Gasteiger partial charge < -0.3 is 14.8 Å². The Bertz CT molecular complexity index is 714. The van der Waals surface area contributed by atoms with Gasteiger partial charge in [0, 0.05) is 12.1 Å². The first kappa shape index (κ1) is 17.0. The molecule has 2 rings (SSSR count). The van der Waals surface area contributed by atoms with Crippen molar-refractivity contribution in [3.05, 3.63) is 18.2 Å². The summed E-state index contributed by atoms with van der Waals surface area (Å²) in [5.74, 6) is -1.63. The maximum absolute atomic E-state index is 12.2. The monoisotopic (exact) mass is 343 g/mol. The lowest BCUT2D eigenvalue weighted by Gasteiger charge is -2.12. The quantitative estimate of drug-likeness (QED) is 0.463. The molecule has 0 spiro atoms. The van der Waals surface area contributed by atoms with Gasteiger partial charge in [0.2, 0.25) is 0 Å². The number of methoxy groups -OCH3 is 2. The van der Waals surface area contributed by atoms with Gasteiger partial charge in [0.25, 0.3) is 10.0 Å². The molecular formula is C13H17N3O6S. The van der Waals surface area contributed by atoms with E-state index in [0.29, 0.717) is 5.75 Å². The van der Waals surface area contributed by atoms with Crippen molar-refractivity contribution in [3.63, 3.8) is 0 Å². The Morgan fingerprint density at radius 1 is 1.13 bits per heavy atom. The van der Waals surface area contributed by atoms with Crippen molar-refractivity contribution in [3.8, 4) is 11.5 Å². The Morgan fingerprint density at radius 3 is 2.39 bits per heavy atom. The third-order valence-electron chi connectivity index (χ3n) is 3.08. The Morgan fingerprint density at radius 2 is 1.83 bits per heavy atom. The molecule has 0 unspecified atom stereocenters. The van der Waals surface area contributed by atoms with Crippen molar-refractivity contribution >= 4 is 21.8 Å². The minimum atomic E-state index is -4.14. The molecule has 1 aliphatic rings. The summed E-state index contributed by atoms with van der Waals surface area (Å²) in [6, 6.07) is 4.16. The van der Waals surface area contributed by atoms with Gasteiger partial charge >= 0.3 is 11.8 Å². The van der Waals surface area contributed by atoms with Crippen molar-refractivity contribution in [1.29, 1.82) is 0 Å². The maximum Gasteiger partial charge on any atom is 0.324 e. The molecule has 126 valence electrons. The minimum Gasteiger partial charge on any atom is -0.497 e. The molecule has 0 radical (unpaired) electrons. The van der Waals surface area contributed by atoms with Crippen LogP contribution in [0.15, 0.2) is 23.1 Å². The maximum atomic E-state index is 12.2. The van der Waals surface area contributed by atoms with Crippen LogP contribution >= 0.6 is 0 Å². The normalized spacial score (nSPS) is 14.0. The van der Waals surface area contributed by atoms with E-state index in [4.69, 9.17) is 9.47 Å². The second-order valence-corrected chi connectivity index (χ2v) is 6.47. The first-order valence-corrected chi connectivity index (χ1v) is 8.20. The molecular weight excluding hydrogens is 326 g/mol. The van der Waals surface area contributed by atoms with Gasteiger partial charge in [-0.2, -0.15) is 0 Å². The van der Waals surface area contributed by atoms with E-state index in [1.54, 1.807) is 0 Å². The number of hydrogen-bond acceptors (Lipinski definition) is 6. The largest absolute Gasteiger partial charge is 0.497 e. The fourth-order valence-electron chi connectivity index (χ4n) is 1.70. The third kappa shape index (κ3) is 4.33. The molecule has 1 aliphatic carbocycles. The molecule has 0 atom stereocenters. The zero-order chi connectivity index (χ0) is 17.0. The summed E-state index contributed by atoms with van der Waals surface area (Å²) in [5, 5.41) is 2.44. The van der Waals surface area contributed by atoms with Gasteiger partial charge in [-0.1, -0.05) is 0 Å². The van der Waals surface area contributed by atoms with E-state index in [0.717, 1.165) is 12.8 Å². The van der Waals surface area contributed by atoms with Crippen LogP contribution in [0.25, 0.3) is 0 Å². The Balaban J connectivity index is 2.08. The average molecular weight is 343 g/mol. The molecule has 1 aromatic rings. The topological polar surface area (TPSA) is 123 Å². The predicted octanol–water partition coefficient (Wildman–Crippen LogP) is -0.708. The number of hydrogen-bond donors (Lipinski definition) is 3. The molecule has 1 saturated carbocycles. The van der Waals surface area contributed by atoms with E-state index >= 15 is 0 Å². The van der Waals surface area contributed by atoms with Crippen LogP contribution in [0.3, 0.4) is 0 Å². The average Bonchev–Trinajstić information content (AvgIpc) is 3.35. The van der Waals surface area contributed by atoms with Crippen molar-refractivity contribution in [1.82, 2.24) is 15.6 Å². The molecule has 3 N–H and O–H groups in total. The van der Waals surface area contributed by atoms with Crippen LogP contribution in [0, 0.1) is 0 Å². The highest BCUT2D eigenvalue weighted by Gasteiger charge is 2.27. The zero-order valence-electron chi connectivity index (χ0n) is 12.6. The summed E-state index contributed by atoms with van der Waals surface area (Å²) in [6.07, 6.45) is 1.62. The minimum absolute atomic E-state index is 0.0108. The lowest BCUT2D eigenvalue weighted by Crippen LogP contribution is -2.48. The van der Waals surface area contributed by atoms with Crippen molar-refractivity contribution in [2.45, 2.75) is 23.8 Å². The number of rotatable bonds is 6. The van der Waals surface area contributed by atoms with E-state index in [-0.39, 0.29) is 16.7 Å². The molecule has 1 fully saturated rings. The smallest absolute Gasteiger partial charge is 0.324 e. The fourth-order valence-corrected chi connectivity index (χ4v) is 2.72. The van der Waals surface area contributed by atoms with Crippen molar-refractivity contribution in [2.24, 2.45) is 0 Å². The van der Waals surface area contributed by atoms with E-state index in [2.05, 4.69) is 5.32 Å². The number of sulfonamides is 1. The number of ether oxygens (including phenoxy) is 2. The second kappa shape index (κ2) is 6.84. The number of carbonyl (C=O) groups is 2. The van der Waals surface area contributed by atoms with Crippen LogP contribution in [-0.2, 0) is 19.6 Å². The third-order valence-corrected chi connectivity index (χ3v) is 4.35. The van der Waals surface area contributed by atoms with Gasteiger partial charge in [-0.3, -0.25) is 15.0 Å². The first-order valence-electron chi connectivity index (χ1n) is 6.72. The molecule has 0 heterocycles. The molecule has 10 heteroatoms. The zero-order valence-corrected chi connectivity index (χ0v) is 13.4. The van der Waals surface area contributed by atoms with Gasteiger partial charge in [-0.05, 0) is 25.0 Å². The molecule has 1 aromatic carbocycles. The first-order chi connectivity index (χ1) is 10.9. The highest BCUT2D eigenvalue weighted by Crippen LogP contribution is 2.27. The summed E-state index contributed by atoms with van der Waals surface area (Å²) in [7, 11) is -1.45. The van der Waals surface area contributed by atoms with Crippen molar-refractivity contribution in [2.75, 3.05) is 14.2 Å². The SMILES string of the molecule is COc1ccc(OC)c(S(=O)(=O)NNC(=O)C(=O)NC2CC2)c1. The van der Waals surface area contributed by atoms with Crippen LogP contribution < -0.4 is 25.0 Å². The van der Waals surface area contributed by atoms with E-state index in [1.807, 2.05) is 10.3 Å². The van der Waals surface area contributed by atoms with Crippen molar-refractivity contribution < 1.29 is 27.5 Å². The van der Waals surface area contributed by atoms with E-state index in [1.165, 1.54) is 32.4 Å².